The maximum Gasteiger partial charge on any atom is 0.410 e. The van der Waals surface area contributed by atoms with Gasteiger partial charge in [0.05, 0.1) is 24.8 Å². The van der Waals surface area contributed by atoms with E-state index < -0.39 is 23.8 Å². The summed E-state index contributed by atoms with van der Waals surface area (Å²) < 4.78 is 38.5. The second-order valence-electron chi connectivity index (χ2n) is 17.4. The van der Waals surface area contributed by atoms with E-state index in [1.54, 1.807) is 17.9 Å². The predicted molar refractivity (Wildman–Crippen MR) is 247 cm³/mol. The molecule has 6 unspecified atom stereocenters. The zero-order valence-corrected chi connectivity index (χ0v) is 37.8. The highest BCUT2D eigenvalue weighted by Crippen LogP contribution is 2.62. The van der Waals surface area contributed by atoms with E-state index in [0.717, 1.165) is 59.3 Å². The fourth-order valence-electron chi connectivity index (χ4n) is 10.1. The van der Waals surface area contributed by atoms with Crippen LogP contribution in [0.1, 0.15) is 85.6 Å². The summed E-state index contributed by atoms with van der Waals surface area (Å²) in [5.74, 6) is 1.15. The Hall–Kier alpha value is -5.82. The van der Waals surface area contributed by atoms with Gasteiger partial charge in [0.2, 0.25) is 12.6 Å². The number of benzene rings is 4. The molecule has 0 saturated heterocycles. The van der Waals surface area contributed by atoms with E-state index in [0.29, 0.717) is 41.6 Å². The third-order valence-corrected chi connectivity index (χ3v) is 13.3. The smallest absolute Gasteiger partial charge is 0.410 e. The third-order valence-electron chi connectivity index (χ3n) is 13.3. The molecule has 1 saturated carbocycles. The fraction of sp³-hybridized carbons (Fsp3) is 0.434. The van der Waals surface area contributed by atoms with E-state index in [4.69, 9.17) is 38.4 Å². The van der Waals surface area contributed by atoms with Gasteiger partial charge in [-0.2, -0.15) is 0 Å². The lowest BCUT2D eigenvalue weighted by Crippen LogP contribution is -2.70. The highest BCUT2D eigenvalue weighted by atomic mass is 16.7. The first-order valence-corrected chi connectivity index (χ1v) is 23.1. The summed E-state index contributed by atoms with van der Waals surface area (Å²) in [4.78, 5) is 22.6. The molecule has 4 aromatic rings. The summed E-state index contributed by atoms with van der Waals surface area (Å²) in [5, 5.41) is 25.0. The van der Waals surface area contributed by atoms with Crippen LogP contribution in [0.2, 0.25) is 0 Å². The highest BCUT2D eigenvalue weighted by Gasteiger charge is 2.65. The van der Waals surface area contributed by atoms with E-state index in [2.05, 4.69) is 38.6 Å². The summed E-state index contributed by atoms with van der Waals surface area (Å²) in [5.41, 5.74) is 6.67. The normalized spacial score (nSPS) is 23.1. The van der Waals surface area contributed by atoms with Crippen molar-refractivity contribution >= 4 is 11.8 Å². The molecule has 1 fully saturated rings. The average molecular weight is 887 g/mol. The molecular formula is C53H62N2O10. The average Bonchev–Trinajstić information content (AvgIpc) is 3.79. The van der Waals surface area contributed by atoms with Gasteiger partial charge in [-0.25, -0.2) is 4.79 Å². The summed E-state index contributed by atoms with van der Waals surface area (Å²) in [7, 11) is 0. The number of aliphatic hydroxyl groups excluding tert-OH is 2. The van der Waals surface area contributed by atoms with Gasteiger partial charge in [-0.05, 0) is 129 Å². The Morgan fingerprint density at radius 3 is 2.40 bits per heavy atom. The molecular weight excluding hydrogens is 825 g/mol. The lowest BCUT2D eigenvalue weighted by atomic mass is 9.55. The van der Waals surface area contributed by atoms with Gasteiger partial charge in [0.15, 0.2) is 11.5 Å². The third kappa shape index (κ3) is 9.90. The Balaban J connectivity index is 1.33. The van der Waals surface area contributed by atoms with E-state index in [1.165, 1.54) is 5.56 Å². The van der Waals surface area contributed by atoms with Gasteiger partial charge in [-0.1, -0.05) is 72.6 Å². The first-order valence-electron chi connectivity index (χ1n) is 23.1. The number of fused-ring (bicyclic) bond motifs is 3. The van der Waals surface area contributed by atoms with Crippen molar-refractivity contribution in [3.05, 3.63) is 137 Å². The van der Waals surface area contributed by atoms with Gasteiger partial charge in [-0.15, -0.1) is 6.58 Å². The predicted octanol–water partition coefficient (Wildman–Crippen LogP) is 10.3. The van der Waals surface area contributed by atoms with Crippen LogP contribution in [0, 0.1) is 31.6 Å². The number of carbonyl (C=O) groups is 1. The van der Waals surface area contributed by atoms with E-state index in [-0.39, 0.29) is 70.5 Å². The number of rotatable bonds is 20. The van der Waals surface area contributed by atoms with E-state index in [9.17, 15) is 15.0 Å². The molecule has 344 valence electrons. The molecule has 0 radical (unpaired) electrons. The number of oxime groups is 1. The molecule has 12 nitrogen and oxygen atoms in total. The van der Waals surface area contributed by atoms with Crippen LogP contribution in [0.25, 0.3) is 0 Å². The first-order chi connectivity index (χ1) is 31.8. The van der Waals surface area contributed by atoms with Gasteiger partial charge in [0.25, 0.3) is 0 Å². The molecule has 0 spiro atoms. The minimum atomic E-state index is -1.47. The number of allylic oxidation sites excluding steroid dienone is 1. The van der Waals surface area contributed by atoms with Crippen LogP contribution in [-0.2, 0) is 27.5 Å². The lowest BCUT2D eigenvalue weighted by molar-refractivity contribution is -0.256. The molecule has 2 aliphatic heterocycles. The zero-order valence-electron chi connectivity index (χ0n) is 37.8. The van der Waals surface area contributed by atoms with Crippen LogP contribution < -0.4 is 18.9 Å². The van der Waals surface area contributed by atoms with Crippen LogP contribution in [-0.4, -0.2) is 72.0 Å². The number of aliphatic hydroxyl groups is 2. The topological polar surface area (TPSA) is 138 Å². The van der Waals surface area contributed by atoms with Crippen molar-refractivity contribution in [1.82, 2.24) is 4.90 Å². The summed E-state index contributed by atoms with van der Waals surface area (Å²) in [6.45, 7) is 11.0. The number of ether oxygens (including phenoxy) is 6. The summed E-state index contributed by atoms with van der Waals surface area (Å²) in [6, 6.07) is 26.9. The van der Waals surface area contributed by atoms with Gasteiger partial charge in [0, 0.05) is 37.7 Å². The molecule has 8 rings (SSSR count). The Morgan fingerprint density at radius 2 is 1.63 bits per heavy atom. The molecule has 2 aliphatic carbocycles. The number of aryl methyl sites for hydroxylation is 2. The van der Waals surface area contributed by atoms with E-state index in [1.807, 2.05) is 72.8 Å². The SMILES string of the molecule is C=CCOC12Oc3ccc(Oc4ccc(C)c(C)c4)cc3C3C(CCCCO)C(CCCCO)C=C(C(=NOCc4ccccc4)CC1N(Cc1ccc4c(c1)OCO4)C(=O)OCC)C32. The van der Waals surface area contributed by atoms with Crippen LogP contribution in [0.4, 0.5) is 4.79 Å². The Bertz CT molecular complexity index is 2350. The van der Waals surface area contributed by atoms with Crippen molar-refractivity contribution in [3.63, 3.8) is 0 Å². The maximum atomic E-state index is 14.6. The van der Waals surface area contributed by atoms with Crippen LogP contribution >= 0.6 is 0 Å². The molecule has 4 aliphatic rings. The van der Waals surface area contributed by atoms with Crippen molar-refractivity contribution < 1.29 is 48.3 Å². The number of carbonyl (C=O) groups excluding carboxylic acids is 1. The number of hydrogen-bond donors (Lipinski definition) is 2. The van der Waals surface area contributed by atoms with Crippen molar-refractivity contribution in [2.75, 3.05) is 33.2 Å². The van der Waals surface area contributed by atoms with Gasteiger partial charge >= 0.3 is 6.09 Å². The Morgan fingerprint density at radius 1 is 0.877 bits per heavy atom. The lowest BCUT2D eigenvalue weighted by Gasteiger charge is -2.59. The molecule has 6 atom stereocenters. The van der Waals surface area contributed by atoms with Crippen LogP contribution in [0.5, 0.6) is 28.7 Å². The molecule has 12 heteroatoms. The molecule has 2 heterocycles. The van der Waals surface area contributed by atoms with Gasteiger partial charge < -0.3 is 43.5 Å². The minimum absolute atomic E-state index is 0.0374. The van der Waals surface area contributed by atoms with Crippen LogP contribution in [0.3, 0.4) is 0 Å². The molecule has 4 aromatic carbocycles. The van der Waals surface area contributed by atoms with E-state index >= 15 is 0 Å². The van der Waals surface area contributed by atoms with Crippen molar-refractivity contribution in [2.24, 2.45) is 22.9 Å². The molecule has 0 bridgehead atoms. The van der Waals surface area contributed by atoms with Gasteiger partial charge in [-0.3, -0.25) is 4.90 Å². The van der Waals surface area contributed by atoms with Crippen molar-refractivity contribution in [1.29, 1.82) is 0 Å². The second kappa shape index (κ2) is 21.0. The second-order valence-corrected chi connectivity index (χ2v) is 17.4. The zero-order chi connectivity index (χ0) is 45.3. The number of nitrogens with zero attached hydrogens (tertiary/aromatic N) is 2. The summed E-state index contributed by atoms with van der Waals surface area (Å²) >= 11 is 0. The Kier molecular flexibility index (Phi) is 14.8. The molecule has 0 aromatic heterocycles. The monoisotopic (exact) mass is 886 g/mol. The number of unbranched alkanes of at least 4 members (excludes halogenated alkanes) is 2. The largest absolute Gasteiger partial charge is 0.459 e. The van der Waals surface area contributed by atoms with Crippen molar-refractivity contribution in [2.45, 2.75) is 96.6 Å². The van der Waals surface area contributed by atoms with Crippen molar-refractivity contribution in [3.8, 4) is 28.7 Å². The minimum Gasteiger partial charge on any atom is -0.459 e. The molecule has 1 amide bonds. The first kappa shape index (κ1) is 45.7. The van der Waals surface area contributed by atoms with Gasteiger partial charge in [0.1, 0.15) is 29.9 Å². The highest BCUT2D eigenvalue weighted by molar-refractivity contribution is 6.03. The van der Waals surface area contributed by atoms with Crippen LogP contribution in [0.15, 0.2) is 114 Å². The standard InChI is InChI=1S/C53H62N2O10/c1-5-26-62-53-49(55(52(58)59-6-2)32-38-19-22-47-48(28-38)61-34-60-47)31-45(54-63-33-37-14-8-7-9-15-37)43-29-39(16-10-12-24-56)42(17-11-13-25-57)50(51(43)53)44-30-41(21-23-46(44)65-53)64-40-20-18-35(3)36(4)27-40/h5,7-9,14-15,18-23,27-30,39,42,49-51,56-57H,1,6,10-13,16-17,24-26,31-34H2,2-4H3. The quantitative estimate of drug-likeness (QED) is 0.0501. The maximum absolute atomic E-state index is 14.6. The Labute approximate surface area is 382 Å². The fourth-order valence-corrected chi connectivity index (χ4v) is 10.1. The molecule has 65 heavy (non-hydrogen) atoms. The number of amides is 1. The summed E-state index contributed by atoms with van der Waals surface area (Å²) in [6.07, 6.45) is 8.30. The molecule has 2 N–H and O–H groups in total. The number of hydrogen-bond acceptors (Lipinski definition) is 11.